The number of hydrogen-bond acceptors (Lipinski definition) is 3. The van der Waals surface area contributed by atoms with Crippen LogP contribution in [0.25, 0.3) is 0 Å². The molecule has 60 valence electrons. The quantitative estimate of drug-likeness (QED) is 0.556. The summed E-state index contributed by atoms with van der Waals surface area (Å²) in [7, 11) is -2.99. The summed E-state index contributed by atoms with van der Waals surface area (Å²) in [5, 5.41) is 3.09. The van der Waals surface area contributed by atoms with Gasteiger partial charge in [-0.2, -0.15) is 0 Å². The lowest BCUT2D eigenvalue weighted by atomic mass is 10.1. The highest BCUT2D eigenvalue weighted by Crippen LogP contribution is 1.99. The molecule has 1 atom stereocenters. The van der Waals surface area contributed by atoms with E-state index in [-0.39, 0.29) is 0 Å². The molecule has 0 aromatic carbocycles. The molecule has 0 unspecified atom stereocenters. The molecule has 4 nitrogen and oxygen atoms in total. The summed E-state index contributed by atoms with van der Waals surface area (Å²) in [6.45, 7) is 1.54. The van der Waals surface area contributed by atoms with E-state index in [0.717, 1.165) is 13.0 Å². The van der Waals surface area contributed by atoms with Crippen molar-refractivity contribution in [3.63, 3.8) is 0 Å². The second kappa shape index (κ2) is 2.86. The molecule has 0 bridgehead atoms. The van der Waals surface area contributed by atoms with Crippen molar-refractivity contribution in [2.24, 2.45) is 0 Å². The molecule has 5 heteroatoms. The van der Waals surface area contributed by atoms with E-state index in [1.54, 1.807) is 0 Å². The molecule has 0 spiro atoms. The van der Waals surface area contributed by atoms with Crippen molar-refractivity contribution in [3.8, 4) is 0 Å². The van der Waals surface area contributed by atoms with E-state index < -0.39 is 10.0 Å². The van der Waals surface area contributed by atoms with Crippen molar-refractivity contribution in [2.45, 2.75) is 12.5 Å². The first-order chi connectivity index (χ1) is 4.58. The van der Waals surface area contributed by atoms with Crippen LogP contribution in [-0.2, 0) is 10.0 Å². The molecule has 0 aromatic heterocycles. The standard InChI is InChI=1S/C5H12N2O2S/c1-10(8,9)7-4-5-2-3-6-5/h5-7H,2-4H2,1H3/t5-/m1/s1. The third-order valence-corrected chi connectivity index (χ3v) is 2.21. The zero-order valence-electron chi connectivity index (χ0n) is 5.92. The SMILES string of the molecule is CS(=O)(=O)NC[C@H]1CCN1. The van der Waals surface area contributed by atoms with Gasteiger partial charge < -0.3 is 5.32 Å². The smallest absolute Gasteiger partial charge is 0.208 e. The van der Waals surface area contributed by atoms with Gasteiger partial charge in [-0.25, -0.2) is 13.1 Å². The molecule has 1 heterocycles. The first kappa shape index (κ1) is 7.97. The number of nitrogens with one attached hydrogen (secondary N) is 2. The molecule has 10 heavy (non-hydrogen) atoms. The first-order valence-corrected chi connectivity index (χ1v) is 5.15. The minimum atomic E-state index is -2.99. The molecule has 0 radical (unpaired) electrons. The van der Waals surface area contributed by atoms with E-state index in [1.165, 1.54) is 6.26 Å². The van der Waals surface area contributed by atoms with Crippen LogP contribution in [0.1, 0.15) is 6.42 Å². The highest BCUT2D eigenvalue weighted by atomic mass is 32.2. The molecule has 1 aliphatic rings. The molecular weight excluding hydrogens is 152 g/mol. The largest absolute Gasteiger partial charge is 0.313 e. The highest BCUT2D eigenvalue weighted by molar-refractivity contribution is 7.88. The Morgan fingerprint density at radius 2 is 2.30 bits per heavy atom. The van der Waals surface area contributed by atoms with Gasteiger partial charge in [0.2, 0.25) is 10.0 Å². The molecule has 0 saturated carbocycles. The predicted octanol–water partition coefficient (Wildman–Crippen LogP) is -1.10. The third-order valence-electron chi connectivity index (χ3n) is 1.52. The minimum absolute atomic E-state index is 0.356. The summed E-state index contributed by atoms with van der Waals surface area (Å²) in [6, 6.07) is 0.356. The van der Waals surface area contributed by atoms with Crippen LogP contribution in [0.2, 0.25) is 0 Å². The summed E-state index contributed by atoms with van der Waals surface area (Å²) in [4.78, 5) is 0. The number of rotatable bonds is 3. The normalized spacial score (nSPS) is 25.9. The molecular formula is C5H12N2O2S. The van der Waals surface area contributed by atoms with E-state index in [0.29, 0.717) is 12.6 Å². The van der Waals surface area contributed by atoms with Gasteiger partial charge in [0, 0.05) is 12.6 Å². The maximum absolute atomic E-state index is 10.5. The van der Waals surface area contributed by atoms with E-state index in [2.05, 4.69) is 10.0 Å². The molecule has 1 rings (SSSR count). The highest BCUT2D eigenvalue weighted by Gasteiger charge is 2.16. The van der Waals surface area contributed by atoms with Gasteiger partial charge in [0.25, 0.3) is 0 Å². The summed E-state index contributed by atoms with van der Waals surface area (Å²) < 4.78 is 23.5. The molecule has 0 aromatic rings. The van der Waals surface area contributed by atoms with Gasteiger partial charge in [-0.3, -0.25) is 0 Å². The topological polar surface area (TPSA) is 58.2 Å². The van der Waals surface area contributed by atoms with Crippen LogP contribution in [0.15, 0.2) is 0 Å². The van der Waals surface area contributed by atoms with Crippen LogP contribution in [0, 0.1) is 0 Å². The molecule has 0 amide bonds. The van der Waals surface area contributed by atoms with Gasteiger partial charge in [0.15, 0.2) is 0 Å². The second-order valence-corrected chi connectivity index (χ2v) is 4.39. The average Bonchev–Trinajstić information content (AvgIpc) is 1.56. The Kier molecular flexibility index (Phi) is 2.28. The van der Waals surface area contributed by atoms with Gasteiger partial charge in [0.05, 0.1) is 6.26 Å². The van der Waals surface area contributed by atoms with Gasteiger partial charge in [-0.05, 0) is 13.0 Å². The zero-order valence-corrected chi connectivity index (χ0v) is 6.74. The average molecular weight is 164 g/mol. The van der Waals surface area contributed by atoms with Gasteiger partial charge in [-0.15, -0.1) is 0 Å². The number of sulfonamides is 1. The Morgan fingerprint density at radius 1 is 1.70 bits per heavy atom. The summed E-state index contributed by atoms with van der Waals surface area (Å²) in [6.07, 6.45) is 2.24. The summed E-state index contributed by atoms with van der Waals surface area (Å²) in [5.41, 5.74) is 0. The fourth-order valence-corrected chi connectivity index (χ4v) is 1.28. The van der Waals surface area contributed by atoms with Gasteiger partial charge in [-0.1, -0.05) is 0 Å². The minimum Gasteiger partial charge on any atom is -0.313 e. The molecule has 1 aliphatic heterocycles. The zero-order chi connectivity index (χ0) is 7.61. The number of hydrogen-bond donors (Lipinski definition) is 2. The molecule has 1 fully saturated rings. The third kappa shape index (κ3) is 2.64. The van der Waals surface area contributed by atoms with Crippen molar-refractivity contribution in [1.82, 2.24) is 10.0 Å². The van der Waals surface area contributed by atoms with Crippen molar-refractivity contribution < 1.29 is 8.42 Å². The Labute approximate surface area is 61.1 Å². The molecule has 2 N–H and O–H groups in total. The van der Waals surface area contributed by atoms with Crippen molar-refractivity contribution >= 4 is 10.0 Å². The van der Waals surface area contributed by atoms with Crippen molar-refractivity contribution in [2.75, 3.05) is 19.3 Å². The van der Waals surface area contributed by atoms with E-state index >= 15 is 0 Å². The predicted molar refractivity (Wildman–Crippen MR) is 39.3 cm³/mol. The lowest BCUT2D eigenvalue weighted by Gasteiger charge is -2.27. The monoisotopic (exact) mass is 164 g/mol. The summed E-state index contributed by atoms with van der Waals surface area (Å²) in [5.74, 6) is 0. The summed E-state index contributed by atoms with van der Waals surface area (Å²) >= 11 is 0. The van der Waals surface area contributed by atoms with Crippen molar-refractivity contribution in [3.05, 3.63) is 0 Å². The Morgan fingerprint density at radius 3 is 2.60 bits per heavy atom. The van der Waals surface area contributed by atoms with Crippen molar-refractivity contribution in [1.29, 1.82) is 0 Å². The van der Waals surface area contributed by atoms with E-state index in [4.69, 9.17) is 0 Å². The maximum atomic E-state index is 10.5. The van der Waals surface area contributed by atoms with Crippen LogP contribution < -0.4 is 10.0 Å². The Balaban J connectivity index is 2.16. The lowest BCUT2D eigenvalue weighted by Crippen LogP contribution is -2.49. The first-order valence-electron chi connectivity index (χ1n) is 3.26. The van der Waals surface area contributed by atoms with E-state index in [9.17, 15) is 8.42 Å². The van der Waals surface area contributed by atoms with E-state index in [1.807, 2.05) is 0 Å². The van der Waals surface area contributed by atoms with Crippen LogP contribution in [0.3, 0.4) is 0 Å². The van der Waals surface area contributed by atoms with Gasteiger partial charge in [0.1, 0.15) is 0 Å². The van der Waals surface area contributed by atoms with Gasteiger partial charge >= 0.3 is 0 Å². The fourth-order valence-electron chi connectivity index (χ4n) is 0.775. The van der Waals surface area contributed by atoms with Crippen LogP contribution in [0.4, 0.5) is 0 Å². The maximum Gasteiger partial charge on any atom is 0.208 e. The second-order valence-electron chi connectivity index (χ2n) is 2.56. The van der Waals surface area contributed by atoms with Crippen LogP contribution in [0.5, 0.6) is 0 Å². The molecule has 0 aliphatic carbocycles. The van der Waals surface area contributed by atoms with Crippen LogP contribution in [-0.4, -0.2) is 33.8 Å². The Bertz CT molecular complexity index is 196. The van der Waals surface area contributed by atoms with Crippen LogP contribution >= 0.6 is 0 Å². The lowest BCUT2D eigenvalue weighted by molar-refractivity contribution is 0.369. The fraction of sp³-hybridized carbons (Fsp3) is 1.00. The molecule has 1 saturated heterocycles. The Hall–Kier alpha value is -0.130.